The van der Waals surface area contributed by atoms with Gasteiger partial charge in [0.1, 0.15) is 0 Å². The Morgan fingerprint density at radius 1 is 1.25 bits per heavy atom. The fourth-order valence-corrected chi connectivity index (χ4v) is 1.35. The van der Waals surface area contributed by atoms with Gasteiger partial charge in [-0.05, 0) is 6.07 Å². The van der Waals surface area contributed by atoms with E-state index in [1.165, 1.54) is 14.2 Å². The number of methoxy groups -OCH3 is 2. The molecule has 0 amide bonds. The van der Waals surface area contributed by atoms with Crippen molar-refractivity contribution in [2.75, 3.05) is 14.2 Å². The van der Waals surface area contributed by atoms with E-state index in [0.717, 1.165) is 6.07 Å². The summed E-state index contributed by atoms with van der Waals surface area (Å²) in [4.78, 5) is 10.5. The Bertz CT molecular complexity index is 412. The molecule has 0 heterocycles. The van der Waals surface area contributed by atoms with E-state index in [1.807, 2.05) is 0 Å². The van der Waals surface area contributed by atoms with E-state index in [0.29, 0.717) is 0 Å². The largest absolute Gasteiger partial charge is 0.504 e. The number of ether oxygens (including phenoxy) is 2. The van der Waals surface area contributed by atoms with Gasteiger partial charge in [-0.1, -0.05) is 0 Å². The van der Waals surface area contributed by atoms with Crippen LogP contribution >= 0.6 is 0 Å². The van der Waals surface area contributed by atoms with Gasteiger partial charge in [0.05, 0.1) is 20.6 Å². The maximum Gasteiger partial charge on any atom is 0.307 e. The molecule has 3 N–H and O–H groups in total. The predicted molar refractivity (Wildman–Crippen MR) is 54.2 cm³/mol. The number of phenolic OH excluding ortho intramolecular Hbond substituents is 2. The standard InChI is InChI=1S/C10H12O6/c1-15-9-6(11)3-5(4-7(12)13)8(14)10(9)16-2/h3,11,14H,4H2,1-2H3,(H,12,13). The molecule has 0 aliphatic carbocycles. The zero-order valence-electron chi connectivity index (χ0n) is 8.85. The molecule has 1 aromatic rings. The van der Waals surface area contributed by atoms with Crippen molar-refractivity contribution in [3.8, 4) is 23.0 Å². The zero-order chi connectivity index (χ0) is 12.3. The van der Waals surface area contributed by atoms with E-state index in [-0.39, 0.29) is 28.6 Å². The first-order valence-corrected chi connectivity index (χ1v) is 4.38. The molecule has 0 aliphatic rings. The number of benzene rings is 1. The van der Waals surface area contributed by atoms with Crippen molar-refractivity contribution in [1.82, 2.24) is 0 Å². The van der Waals surface area contributed by atoms with Gasteiger partial charge < -0.3 is 24.8 Å². The molecule has 0 aliphatic heterocycles. The number of carboxylic acids is 1. The minimum atomic E-state index is -1.12. The fourth-order valence-electron chi connectivity index (χ4n) is 1.35. The Labute approximate surface area is 91.7 Å². The first-order chi connectivity index (χ1) is 7.51. The van der Waals surface area contributed by atoms with E-state index >= 15 is 0 Å². The number of carboxylic acid groups (broad SMARTS) is 1. The molecule has 0 saturated carbocycles. The maximum atomic E-state index is 10.5. The lowest BCUT2D eigenvalue weighted by Gasteiger charge is -2.13. The third kappa shape index (κ3) is 2.10. The van der Waals surface area contributed by atoms with Crippen LogP contribution in [0.25, 0.3) is 0 Å². The highest BCUT2D eigenvalue weighted by Gasteiger charge is 2.20. The lowest BCUT2D eigenvalue weighted by atomic mass is 10.1. The number of rotatable bonds is 4. The Kier molecular flexibility index (Phi) is 3.44. The highest BCUT2D eigenvalue weighted by molar-refractivity contribution is 5.74. The number of phenols is 2. The summed E-state index contributed by atoms with van der Waals surface area (Å²) in [5, 5.41) is 27.8. The van der Waals surface area contributed by atoms with Gasteiger partial charge in [-0.2, -0.15) is 0 Å². The molecule has 88 valence electrons. The molecule has 0 fully saturated rings. The lowest BCUT2D eigenvalue weighted by molar-refractivity contribution is -0.136. The molecule has 0 aromatic heterocycles. The molecule has 1 aromatic carbocycles. The van der Waals surface area contributed by atoms with Crippen LogP contribution in [0.15, 0.2) is 6.07 Å². The van der Waals surface area contributed by atoms with Crippen molar-refractivity contribution in [3.63, 3.8) is 0 Å². The summed E-state index contributed by atoms with van der Waals surface area (Å²) in [5.74, 6) is -1.87. The van der Waals surface area contributed by atoms with E-state index in [9.17, 15) is 15.0 Å². The Morgan fingerprint density at radius 2 is 1.81 bits per heavy atom. The van der Waals surface area contributed by atoms with Crippen molar-refractivity contribution in [2.24, 2.45) is 0 Å². The molecule has 1 rings (SSSR count). The summed E-state index contributed by atoms with van der Waals surface area (Å²) in [6.07, 6.45) is -0.417. The SMILES string of the molecule is COc1c(O)cc(CC(=O)O)c(O)c1OC. The van der Waals surface area contributed by atoms with Gasteiger partial charge >= 0.3 is 5.97 Å². The number of aromatic hydroxyl groups is 2. The van der Waals surface area contributed by atoms with Crippen LogP contribution in [0, 0.1) is 0 Å². The van der Waals surface area contributed by atoms with Crippen molar-refractivity contribution in [2.45, 2.75) is 6.42 Å². The fraction of sp³-hybridized carbons (Fsp3) is 0.300. The van der Waals surface area contributed by atoms with E-state index in [4.69, 9.17) is 14.6 Å². The van der Waals surface area contributed by atoms with Crippen LogP contribution in [-0.2, 0) is 11.2 Å². The van der Waals surface area contributed by atoms with Crippen molar-refractivity contribution < 1.29 is 29.6 Å². The summed E-state index contributed by atoms with van der Waals surface area (Å²) in [5.41, 5.74) is 0.0580. The number of carbonyl (C=O) groups is 1. The quantitative estimate of drug-likeness (QED) is 0.658. The number of hydrogen-bond donors (Lipinski definition) is 3. The van der Waals surface area contributed by atoms with Gasteiger partial charge in [0.2, 0.25) is 11.5 Å². The third-order valence-electron chi connectivity index (χ3n) is 2.02. The van der Waals surface area contributed by atoms with Gasteiger partial charge in [-0.25, -0.2) is 0 Å². The summed E-state index contributed by atoms with van der Waals surface area (Å²) in [6, 6.07) is 1.13. The summed E-state index contributed by atoms with van der Waals surface area (Å²) >= 11 is 0. The molecule has 0 spiro atoms. The van der Waals surface area contributed by atoms with Crippen LogP contribution in [0.2, 0.25) is 0 Å². The van der Waals surface area contributed by atoms with E-state index in [1.54, 1.807) is 0 Å². The monoisotopic (exact) mass is 228 g/mol. The van der Waals surface area contributed by atoms with E-state index < -0.39 is 12.4 Å². The molecule has 0 radical (unpaired) electrons. The molecule has 0 atom stereocenters. The first kappa shape index (κ1) is 12.0. The van der Waals surface area contributed by atoms with Gasteiger partial charge in [-0.15, -0.1) is 0 Å². The molecule has 0 unspecified atom stereocenters. The Morgan fingerprint density at radius 3 is 2.25 bits per heavy atom. The van der Waals surface area contributed by atoms with Gasteiger partial charge in [0.25, 0.3) is 0 Å². The Balaban J connectivity index is 3.33. The van der Waals surface area contributed by atoms with Crippen LogP contribution in [0.1, 0.15) is 5.56 Å². The van der Waals surface area contributed by atoms with Gasteiger partial charge in [-0.3, -0.25) is 4.79 Å². The zero-order valence-corrected chi connectivity index (χ0v) is 8.85. The van der Waals surface area contributed by atoms with Crippen LogP contribution < -0.4 is 9.47 Å². The Hall–Kier alpha value is -2.11. The number of hydrogen-bond acceptors (Lipinski definition) is 5. The summed E-state index contributed by atoms with van der Waals surface area (Å²) < 4.78 is 9.67. The predicted octanol–water partition coefficient (Wildman–Crippen LogP) is 0.742. The molecule has 0 saturated heterocycles. The molecule has 0 bridgehead atoms. The van der Waals surface area contributed by atoms with Gasteiger partial charge in [0.15, 0.2) is 11.5 Å². The van der Waals surface area contributed by atoms with Gasteiger partial charge in [0, 0.05) is 5.56 Å². The minimum Gasteiger partial charge on any atom is -0.504 e. The molecule has 16 heavy (non-hydrogen) atoms. The van der Waals surface area contributed by atoms with Crippen LogP contribution in [0.4, 0.5) is 0 Å². The number of aliphatic carboxylic acids is 1. The average molecular weight is 228 g/mol. The lowest BCUT2D eigenvalue weighted by Crippen LogP contribution is -2.02. The highest BCUT2D eigenvalue weighted by Crippen LogP contribution is 2.45. The third-order valence-corrected chi connectivity index (χ3v) is 2.02. The normalized spacial score (nSPS) is 9.88. The van der Waals surface area contributed by atoms with Crippen molar-refractivity contribution in [1.29, 1.82) is 0 Å². The first-order valence-electron chi connectivity index (χ1n) is 4.38. The average Bonchev–Trinajstić information content (AvgIpc) is 2.21. The summed E-state index contributed by atoms with van der Waals surface area (Å²) in [6.45, 7) is 0. The topological polar surface area (TPSA) is 96.2 Å². The van der Waals surface area contributed by atoms with Crippen LogP contribution in [0.5, 0.6) is 23.0 Å². The second-order valence-electron chi connectivity index (χ2n) is 3.04. The minimum absolute atomic E-state index is 0.0332. The van der Waals surface area contributed by atoms with Crippen molar-refractivity contribution in [3.05, 3.63) is 11.6 Å². The maximum absolute atomic E-state index is 10.5. The smallest absolute Gasteiger partial charge is 0.307 e. The highest BCUT2D eigenvalue weighted by atomic mass is 16.5. The molecular weight excluding hydrogens is 216 g/mol. The second-order valence-corrected chi connectivity index (χ2v) is 3.04. The second kappa shape index (κ2) is 4.61. The molecule has 6 heteroatoms. The van der Waals surface area contributed by atoms with E-state index in [2.05, 4.69) is 0 Å². The molecular formula is C10H12O6. The van der Waals surface area contributed by atoms with Crippen LogP contribution in [-0.4, -0.2) is 35.5 Å². The van der Waals surface area contributed by atoms with Crippen molar-refractivity contribution >= 4 is 5.97 Å². The molecule has 6 nitrogen and oxygen atoms in total. The summed E-state index contributed by atoms with van der Waals surface area (Å²) in [7, 11) is 2.58. The van der Waals surface area contributed by atoms with Crippen LogP contribution in [0.3, 0.4) is 0 Å².